The zero-order valence-corrected chi connectivity index (χ0v) is 5.56. The Morgan fingerprint density at radius 2 is 2.22 bits per heavy atom. The van der Waals surface area contributed by atoms with Crippen molar-refractivity contribution in [1.82, 2.24) is 4.98 Å². The molecule has 0 spiro atoms. The number of hydrogen-bond donors (Lipinski definition) is 0. The summed E-state index contributed by atoms with van der Waals surface area (Å²) in [6, 6.07) is 5.49. The Morgan fingerprint density at radius 3 is 2.56 bits per heavy atom. The number of halogens is 1. The zero-order chi connectivity index (χ0) is 5.82. The van der Waals surface area contributed by atoms with E-state index < -0.39 is 0 Å². The first-order chi connectivity index (χ1) is 3.93. The maximum atomic E-state index is 5.04. The van der Waals surface area contributed by atoms with Crippen molar-refractivity contribution in [2.24, 2.45) is 0 Å². The van der Waals surface area contributed by atoms with Gasteiger partial charge in [0.2, 0.25) is 0 Å². The molecule has 2 heteroatoms. The van der Waals surface area contributed by atoms with Crippen LogP contribution < -0.4 is 0 Å². The summed E-state index contributed by atoms with van der Waals surface area (Å²) in [4.78, 5) is 3.86. The molecule has 0 saturated heterocycles. The van der Waals surface area contributed by atoms with Gasteiger partial charge in [-0.1, -0.05) is 12.0 Å². The van der Waals surface area contributed by atoms with Crippen LogP contribution >= 0.6 is 12.4 Å². The van der Waals surface area contributed by atoms with Gasteiger partial charge in [-0.3, -0.25) is 0 Å². The molecule has 0 aromatic carbocycles. The van der Waals surface area contributed by atoms with Crippen LogP contribution in [0.3, 0.4) is 0 Å². The van der Waals surface area contributed by atoms with Crippen LogP contribution in [0.25, 0.3) is 0 Å². The van der Waals surface area contributed by atoms with Gasteiger partial charge in [0.05, 0.1) is 0 Å². The molecule has 0 bridgehead atoms. The second kappa shape index (κ2) is 3.94. The molecule has 0 atom stereocenters. The molecule has 9 heavy (non-hydrogen) atoms. The summed E-state index contributed by atoms with van der Waals surface area (Å²) in [5.41, 5.74) is 0.688. The summed E-state index contributed by atoms with van der Waals surface area (Å²) in [5.74, 6) is 2.42. The molecule has 46 valence electrons. The van der Waals surface area contributed by atoms with Gasteiger partial charge in [0, 0.05) is 6.20 Å². The Balaban J connectivity index is 0.000000640. The molecule has 0 N–H and O–H groups in total. The monoisotopic (exact) mass is 139 g/mol. The van der Waals surface area contributed by atoms with Gasteiger partial charge < -0.3 is 0 Å². The topological polar surface area (TPSA) is 12.9 Å². The van der Waals surface area contributed by atoms with Crippen molar-refractivity contribution in [3.63, 3.8) is 0 Å². The molecule has 1 heterocycles. The third kappa shape index (κ3) is 2.16. The van der Waals surface area contributed by atoms with Crippen LogP contribution in [-0.2, 0) is 0 Å². The van der Waals surface area contributed by atoms with Crippen molar-refractivity contribution in [3.05, 3.63) is 30.1 Å². The quantitative estimate of drug-likeness (QED) is 0.497. The number of rotatable bonds is 0. The molecule has 1 rings (SSSR count). The predicted octanol–water partition coefficient (Wildman–Crippen LogP) is 1.48. The van der Waals surface area contributed by atoms with Gasteiger partial charge in [0.1, 0.15) is 5.69 Å². The van der Waals surface area contributed by atoms with Crippen molar-refractivity contribution in [1.29, 1.82) is 0 Å². The first kappa shape index (κ1) is 8.00. The molecular weight excluding hydrogens is 134 g/mol. The van der Waals surface area contributed by atoms with Crippen LogP contribution in [0.2, 0.25) is 0 Å². The van der Waals surface area contributed by atoms with Crippen molar-refractivity contribution in [2.45, 2.75) is 0 Å². The maximum Gasteiger partial charge on any atom is 0.112 e. The van der Waals surface area contributed by atoms with E-state index in [-0.39, 0.29) is 12.4 Å². The van der Waals surface area contributed by atoms with Crippen LogP contribution in [0.5, 0.6) is 0 Å². The fourth-order valence-corrected chi connectivity index (χ4v) is 0.448. The number of nitrogens with zero attached hydrogens (tertiary/aromatic N) is 1. The highest BCUT2D eigenvalue weighted by molar-refractivity contribution is 5.85. The van der Waals surface area contributed by atoms with E-state index in [0.717, 1.165) is 0 Å². The summed E-state index contributed by atoms with van der Waals surface area (Å²) in [7, 11) is 0. The van der Waals surface area contributed by atoms with Crippen molar-refractivity contribution >= 4 is 12.4 Å². The summed E-state index contributed by atoms with van der Waals surface area (Å²) in [5, 5.41) is 0. The minimum absolute atomic E-state index is 0. The molecule has 1 aromatic rings. The SMILES string of the molecule is C#Cc1ccccn1.Cl. The molecule has 0 amide bonds. The number of aromatic nitrogens is 1. The van der Waals surface area contributed by atoms with Gasteiger partial charge in [-0.2, -0.15) is 0 Å². The van der Waals surface area contributed by atoms with Gasteiger partial charge in [-0.15, -0.1) is 18.8 Å². The third-order valence-electron chi connectivity index (χ3n) is 0.813. The Hall–Kier alpha value is -1.00. The normalized spacial score (nSPS) is 7.00. The lowest BCUT2D eigenvalue weighted by atomic mass is 10.4. The van der Waals surface area contributed by atoms with E-state index in [9.17, 15) is 0 Å². The van der Waals surface area contributed by atoms with Crippen molar-refractivity contribution < 1.29 is 0 Å². The highest BCUT2D eigenvalue weighted by Gasteiger charge is 1.78. The number of hydrogen-bond acceptors (Lipinski definition) is 1. The molecule has 0 radical (unpaired) electrons. The second-order valence-electron chi connectivity index (χ2n) is 1.36. The first-order valence-electron chi connectivity index (χ1n) is 2.31. The van der Waals surface area contributed by atoms with E-state index in [1.807, 2.05) is 12.1 Å². The Labute approximate surface area is 60.5 Å². The lowest BCUT2D eigenvalue weighted by Crippen LogP contribution is -1.75. The molecule has 1 nitrogen and oxygen atoms in total. The largest absolute Gasteiger partial charge is 0.248 e. The molecule has 0 saturated carbocycles. The van der Waals surface area contributed by atoms with E-state index in [2.05, 4.69) is 10.9 Å². The van der Waals surface area contributed by atoms with E-state index in [1.54, 1.807) is 12.3 Å². The van der Waals surface area contributed by atoms with Gasteiger partial charge in [0.25, 0.3) is 0 Å². The summed E-state index contributed by atoms with van der Waals surface area (Å²) < 4.78 is 0. The lowest BCUT2D eigenvalue weighted by Gasteiger charge is -1.81. The molecule has 0 fully saturated rings. The van der Waals surface area contributed by atoms with Crippen LogP contribution in [-0.4, -0.2) is 4.98 Å². The predicted molar refractivity (Wildman–Crippen MR) is 39.4 cm³/mol. The minimum atomic E-state index is 0. The minimum Gasteiger partial charge on any atom is -0.248 e. The molecule has 0 unspecified atom stereocenters. The summed E-state index contributed by atoms with van der Waals surface area (Å²) in [6.45, 7) is 0. The second-order valence-corrected chi connectivity index (χ2v) is 1.36. The Morgan fingerprint density at radius 1 is 1.44 bits per heavy atom. The lowest BCUT2D eigenvalue weighted by molar-refractivity contribution is 1.29. The van der Waals surface area contributed by atoms with E-state index in [1.165, 1.54) is 0 Å². The molecule has 0 aliphatic rings. The number of pyridine rings is 1. The standard InChI is InChI=1S/C7H5N.ClH/c1-2-7-5-3-4-6-8-7;/h1,3-6H;1H. The molecule has 0 aliphatic carbocycles. The highest BCUT2D eigenvalue weighted by atomic mass is 35.5. The highest BCUT2D eigenvalue weighted by Crippen LogP contribution is 1.86. The average Bonchev–Trinajstić information content (AvgIpc) is 1.90. The van der Waals surface area contributed by atoms with Crippen LogP contribution in [0.1, 0.15) is 5.69 Å². The zero-order valence-electron chi connectivity index (χ0n) is 4.74. The van der Waals surface area contributed by atoms with Crippen LogP contribution in [0.15, 0.2) is 24.4 Å². The molecule has 1 aromatic heterocycles. The van der Waals surface area contributed by atoms with Gasteiger partial charge in [-0.05, 0) is 12.1 Å². The van der Waals surface area contributed by atoms with E-state index in [4.69, 9.17) is 6.42 Å². The van der Waals surface area contributed by atoms with Crippen LogP contribution in [0.4, 0.5) is 0 Å². The Kier molecular flexibility index (Phi) is 3.50. The Bertz CT molecular complexity index is 200. The van der Waals surface area contributed by atoms with Crippen molar-refractivity contribution in [2.75, 3.05) is 0 Å². The number of terminal acetylenes is 1. The van der Waals surface area contributed by atoms with E-state index >= 15 is 0 Å². The average molecular weight is 140 g/mol. The summed E-state index contributed by atoms with van der Waals surface area (Å²) in [6.07, 6.45) is 6.71. The van der Waals surface area contributed by atoms with Gasteiger partial charge in [0.15, 0.2) is 0 Å². The summed E-state index contributed by atoms with van der Waals surface area (Å²) >= 11 is 0. The third-order valence-corrected chi connectivity index (χ3v) is 0.813. The smallest absolute Gasteiger partial charge is 0.112 e. The van der Waals surface area contributed by atoms with E-state index in [0.29, 0.717) is 5.69 Å². The maximum absolute atomic E-state index is 5.04. The van der Waals surface area contributed by atoms with Crippen LogP contribution in [0, 0.1) is 12.3 Å². The fraction of sp³-hybridized carbons (Fsp3) is 0. The molecule has 0 aliphatic heterocycles. The van der Waals surface area contributed by atoms with Gasteiger partial charge >= 0.3 is 0 Å². The van der Waals surface area contributed by atoms with Gasteiger partial charge in [-0.25, -0.2) is 4.98 Å². The molecular formula is C7H6ClN. The van der Waals surface area contributed by atoms with Crippen molar-refractivity contribution in [3.8, 4) is 12.3 Å². The fourth-order valence-electron chi connectivity index (χ4n) is 0.448. The first-order valence-corrected chi connectivity index (χ1v) is 2.31.